The highest BCUT2D eigenvalue weighted by atomic mass is 35.5. The van der Waals surface area contributed by atoms with Crippen LogP contribution in [0.1, 0.15) is 12.5 Å². The van der Waals surface area contributed by atoms with Crippen molar-refractivity contribution in [2.45, 2.75) is 13.8 Å². The number of aliphatic carboxylic acids is 1. The standard InChI is InChI=1S/C7H7ClO.C2H4O2/c1-5-6(8)3-2-4-7(5)9;1-2(3)4/h2-4,9H,1H3;1H3,(H,3,4). The summed E-state index contributed by atoms with van der Waals surface area (Å²) in [5, 5.41) is 17.0. The molecular formula is C9H11ClO3. The molecule has 0 spiro atoms. The van der Waals surface area contributed by atoms with Crippen LogP contribution in [-0.4, -0.2) is 16.2 Å². The minimum absolute atomic E-state index is 0.252. The number of carboxylic acids is 1. The number of benzene rings is 1. The molecule has 1 rings (SSSR count). The Morgan fingerprint density at radius 3 is 2.23 bits per heavy atom. The van der Waals surface area contributed by atoms with E-state index in [-0.39, 0.29) is 5.75 Å². The average Bonchev–Trinajstić information content (AvgIpc) is 1.99. The smallest absolute Gasteiger partial charge is 0.300 e. The van der Waals surface area contributed by atoms with E-state index >= 15 is 0 Å². The zero-order valence-electron chi connectivity index (χ0n) is 7.41. The fraction of sp³-hybridized carbons (Fsp3) is 0.222. The lowest BCUT2D eigenvalue weighted by atomic mass is 10.2. The number of phenolic OH excluding ortho intramolecular Hbond substituents is 1. The van der Waals surface area contributed by atoms with Gasteiger partial charge in [-0.1, -0.05) is 17.7 Å². The molecule has 2 N–H and O–H groups in total. The molecule has 0 amide bonds. The number of carbonyl (C=O) groups is 1. The van der Waals surface area contributed by atoms with Crippen molar-refractivity contribution < 1.29 is 15.0 Å². The monoisotopic (exact) mass is 202 g/mol. The van der Waals surface area contributed by atoms with E-state index < -0.39 is 5.97 Å². The number of carboxylic acid groups (broad SMARTS) is 1. The number of halogens is 1. The van der Waals surface area contributed by atoms with Crippen molar-refractivity contribution in [3.05, 3.63) is 28.8 Å². The fourth-order valence-corrected chi connectivity index (χ4v) is 0.766. The van der Waals surface area contributed by atoms with Crippen molar-refractivity contribution in [2.75, 3.05) is 0 Å². The molecule has 0 aliphatic heterocycles. The molecule has 0 fully saturated rings. The van der Waals surface area contributed by atoms with Crippen LogP contribution in [0, 0.1) is 6.92 Å². The van der Waals surface area contributed by atoms with E-state index in [1.807, 2.05) is 0 Å². The summed E-state index contributed by atoms with van der Waals surface area (Å²) < 4.78 is 0. The molecule has 1 aromatic carbocycles. The van der Waals surface area contributed by atoms with E-state index in [9.17, 15) is 0 Å². The minimum atomic E-state index is -0.833. The molecule has 0 aliphatic rings. The maximum atomic E-state index is 9.02. The Morgan fingerprint density at radius 1 is 1.46 bits per heavy atom. The molecule has 0 radical (unpaired) electrons. The van der Waals surface area contributed by atoms with Crippen LogP contribution in [0.4, 0.5) is 0 Å². The molecule has 0 atom stereocenters. The van der Waals surface area contributed by atoms with E-state index in [1.54, 1.807) is 25.1 Å². The first kappa shape index (κ1) is 11.8. The number of aromatic hydroxyl groups is 1. The summed E-state index contributed by atoms with van der Waals surface area (Å²) in [5.74, 6) is -0.581. The van der Waals surface area contributed by atoms with Gasteiger partial charge in [-0.3, -0.25) is 4.79 Å². The maximum Gasteiger partial charge on any atom is 0.300 e. The normalized spacial score (nSPS) is 8.54. The maximum absolute atomic E-state index is 9.02. The second kappa shape index (κ2) is 5.43. The molecular weight excluding hydrogens is 192 g/mol. The van der Waals surface area contributed by atoms with Gasteiger partial charge >= 0.3 is 0 Å². The summed E-state index contributed by atoms with van der Waals surface area (Å²) in [6, 6.07) is 5.07. The van der Waals surface area contributed by atoms with Gasteiger partial charge in [-0.25, -0.2) is 0 Å². The first-order chi connectivity index (χ1) is 5.95. The molecule has 0 heterocycles. The predicted molar refractivity (Wildman–Crippen MR) is 51.2 cm³/mol. The molecule has 0 unspecified atom stereocenters. The van der Waals surface area contributed by atoms with Gasteiger partial charge in [0.2, 0.25) is 0 Å². The van der Waals surface area contributed by atoms with Crippen LogP contribution in [0.3, 0.4) is 0 Å². The second-order valence-electron chi connectivity index (χ2n) is 2.40. The van der Waals surface area contributed by atoms with Crippen molar-refractivity contribution in [2.24, 2.45) is 0 Å². The largest absolute Gasteiger partial charge is 0.508 e. The summed E-state index contributed by atoms with van der Waals surface area (Å²) in [6.07, 6.45) is 0. The van der Waals surface area contributed by atoms with Crippen LogP contribution < -0.4 is 0 Å². The zero-order chi connectivity index (χ0) is 10.4. The average molecular weight is 203 g/mol. The summed E-state index contributed by atoms with van der Waals surface area (Å²) in [6.45, 7) is 2.86. The third-order valence-corrected chi connectivity index (χ3v) is 1.65. The molecule has 3 nitrogen and oxygen atoms in total. The Morgan fingerprint density at radius 2 is 1.92 bits per heavy atom. The summed E-state index contributed by atoms with van der Waals surface area (Å²) in [5.41, 5.74) is 0.735. The Hall–Kier alpha value is -1.22. The topological polar surface area (TPSA) is 57.5 Å². The molecule has 13 heavy (non-hydrogen) atoms. The fourth-order valence-electron chi connectivity index (χ4n) is 0.596. The number of hydrogen-bond acceptors (Lipinski definition) is 2. The van der Waals surface area contributed by atoms with E-state index in [0.717, 1.165) is 12.5 Å². The van der Waals surface area contributed by atoms with Gasteiger partial charge in [-0.05, 0) is 19.1 Å². The van der Waals surface area contributed by atoms with E-state index in [4.69, 9.17) is 26.6 Å². The summed E-state index contributed by atoms with van der Waals surface area (Å²) in [7, 11) is 0. The molecule has 72 valence electrons. The quantitative estimate of drug-likeness (QED) is 0.680. The zero-order valence-corrected chi connectivity index (χ0v) is 8.17. The molecule has 0 saturated heterocycles. The van der Waals surface area contributed by atoms with Crippen LogP contribution in [-0.2, 0) is 4.79 Å². The first-order valence-corrected chi connectivity index (χ1v) is 3.96. The number of phenols is 1. The van der Waals surface area contributed by atoms with Gasteiger partial charge in [0.25, 0.3) is 5.97 Å². The van der Waals surface area contributed by atoms with Crippen LogP contribution >= 0.6 is 11.6 Å². The predicted octanol–water partition coefficient (Wildman–Crippen LogP) is 2.44. The van der Waals surface area contributed by atoms with Gasteiger partial charge in [-0.15, -0.1) is 0 Å². The van der Waals surface area contributed by atoms with E-state index in [1.165, 1.54) is 0 Å². The summed E-state index contributed by atoms with van der Waals surface area (Å²) >= 11 is 5.65. The summed E-state index contributed by atoms with van der Waals surface area (Å²) in [4.78, 5) is 9.00. The van der Waals surface area contributed by atoms with Crippen molar-refractivity contribution in [1.82, 2.24) is 0 Å². The van der Waals surface area contributed by atoms with Crippen LogP contribution in [0.15, 0.2) is 18.2 Å². The van der Waals surface area contributed by atoms with Crippen LogP contribution in [0.2, 0.25) is 5.02 Å². The van der Waals surface area contributed by atoms with Gasteiger partial charge < -0.3 is 10.2 Å². The van der Waals surface area contributed by atoms with Crippen molar-refractivity contribution in [3.8, 4) is 5.75 Å². The number of hydrogen-bond donors (Lipinski definition) is 2. The molecule has 0 bridgehead atoms. The molecule has 4 heteroatoms. The molecule has 0 aliphatic carbocycles. The third-order valence-electron chi connectivity index (χ3n) is 1.24. The second-order valence-corrected chi connectivity index (χ2v) is 2.81. The Kier molecular flexibility index (Phi) is 4.92. The van der Waals surface area contributed by atoms with Crippen molar-refractivity contribution >= 4 is 17.6 Å². The highest BCUT2D eigenvalue weighted by Crippen LogP contribution is 2.22. The lowest BCUT2D eigenvalue weighted by molar-refractivity contribution is -0.134. The van der Waals surface area contributed by atoms with Gasteiger partial charge in [0.15, 0.2) is 0 Å². The lowest BCUT2D eigenvalue weighted by Gasteiger charge is -1.97. The van der Waals surface area contributed by atoms with Crippen molar-refractivity contribution in [3.63, 3.8) is 0 Å². The van der Waals surface area contributed by atoms with Gasteiger partial charge in [0.05, 0.1) is 0 Å². The number of rotatable bonds is 0. The highest BCUT2D eigenvalue weighted by molar-refractivity contribution is 6.31. The minimum Gasteiger partial charge on any atom is -0.508 e. The Bertz CT molecular complexity index is 273. The Labute approximate surface area is 81.6 Å². The SMILES string of the molecule is CC(=O)O.Cc1c(O)cccc1Cl. The van der Waals surface area contributed by atoms with Gasteiger partial charge in [0, 0.05) is 17.5 Å². The lowest BCUT2D eigenvalue weighted by Crippen LogP contribution is -1.78. The highest BCUT2D eigenvalue weighted by Gasteiger charge is 1.96. The van der Waals surface area contributed by atoms with E-state index in [0.29, 0.717) is 5.02 Å². The van der Waals surface area contributed by atoms with Crippen LogP contribution in [0.25, 0.3) is 0 Å². The third kappa shape index (κ3) is 5.09. The Balaban J connectivity index is 0.000000310. The van der Waals surface area contributed by atoms with Gasteiger partial charge in [0.1, 0.15) is 5.75 Å². The van der Waals surface area contributed by atoms with Crippen molar-refractivity contribution in [1.29, 1.82) is 0 Å². The molecule has 0 aromatic heterocycles. The molecule has 0 saturated carbocycles. The first-order valence-electron chi connectivity index (χ1n) is 3.58. The van der Waals surface area contributed by atoms with E-state index in [2.05, 4.69) is 0 Å². The molecule has 1 aromatic rings. The van der Waals surface area contributed by atoms with Gasteiger partial charge in [-0.2, -0.15) is 0 Å². The van der Waals surface area contributed by atoms with Crippen LogP contribution in [0.5, 0.6) is 5.75 Å².